The SMILES string of the molecule is CCNC(=O)Nc1cc(-c2nc(C(F)(F)F)cs2)c(-c2cncc(C3=CCN=C3C)c2)cn1. The Hall–Kier alpha value is -3.60. The van der Waals surface area contributed by atoms with E-state index in [9.17, 15) is 18.0 Å². The highest BCUT2D eigenvalue weighted by Crippen LogP contribution is 2.38. The first-order valence-electron chi connectivity index (χ1n) is 10.0. The molecule has 33 heavy (non-hydrogen) atoms. The molecule has 0 saturated carbocycles. The van der Waals surface area contributed by atoms with E-state index in [2.05, 4.69) is 30.6 Å². The highest BCUT2D eigenvalue weighted by molar-refractivity contribution is 7.13. The van der Waals surface area contributed by atoms with Crippen molar-refractivity contribution in [3.63, 3.8) is 0 Å². The molecule has 4 heterocycles. The second-order valence-electron chi connectivity index (χ2n) is 7.14. The van der Waals surface area contributed by atoms with E-state index in [1.165, 1.54) is 12.3 Å². The van der Waals surface area contributed by atoms with Crippen LogP contribution in [0.3, 0.4) is 0 Å². The predicted octanol–water partition coefficient (Wildman–Crippen LogP) is 5.29. The van der Waals surface area contributed by atoms with Crippen molar-refractivity contribution < 1.29 is 18.0 Å². The number of amides is 2. The summed E-state index contributed by atoms with van der Waals surface area (Å²) in [6.45, 7) is 4.68. The summed E-state index contributed by atoms with van der Waals surface area (Å²) in [6.07, 6.45) is 2.25. The quantitative estimate of drug-likeness (QED) is 0.528. The van der Waals surface area contributed by atoms with E-state index in [1.54, 1.807) is 19.3 Å². The number of alkyl halides is 3. The van der Waals surface area contributed by atoms with Crippen molar-refractivity contribution in [1.29, 1.82) is 0 Å². The number of carbonyl (C=O) groups excluding carboxylic acids is 1. The molecule has 1 aliphatic heterocycles. The lowest BCUT2D eigenvalue weighted by Gasteiger charge is -2.12. The molecule has 0 radical (unpaired) electrons. The molecular formula is C22H19F3N6OS. The van der Waals surface area contributed by atoms with E-state index in [0.717, 1.165) is 33.6 Å². The minimum absolute atomic E-state index is 0.155. The summed E-state index contributed by atoms with van der Waals surface area (Å²) >= 11 is 0.868. The van der Waals surface area contributed by atoms with Gasteiger partial charge in [0.15, 0.2) is 5.69 Å². The second-order valence-corrected chi connectivity index (χ2v) is 8.00. The Morgan fingerprint density at radius 3 is 2.61 bits per heavy atom. The van der Waals surface area contributed by atoms with Crippen LogP contribution in [0, 0.1) is 0 Å². The van der Waals surface area contributed by atoms with E-state index < -0.39 is 17.9 Å². The number of nitrogens with one attached hydrogen (secondary N) is 2. The molecule has 0 bridgehead atoms. The highest BCUT2D eigenvalue weighted by Gasteiger charge is 2.34. The molecule has 11 heteroatoms. The smallest absolute Gasteiger partial charge is 0.338 e. The zero-order chi connectivity index (χ0) is 23.6. The van der Waals surface area contributed by atoms with Gasteiger partial charge < -0.3 is 5.32 Å². The van der Waals surface area contributed by atoms with Gasteiger partial charge in [0, 0.05) is 64.1 Å². The lowest BCUT2D eigenvalue weighted by atomic mass is 9.98. The molecule has 4 rings (SSSR count). The van der Waals surface area contributed by atoms with Crippen molar-refractivity contribution in [2.45, 2.75) is 20.0 Å². The number of hydrogen-bond acceptors (Lipinski definition) is 6. The van der Waals surface area contributed by atoms with Gasteiger partial charge in [0.1, 0.15) is 10.8 Å². The van der Waals surface area contributed by atoms with Gasteiger partial charge in [-0.1, -0.05) is 6.08 Å². The van der Waals surface area contributed by atoms with Gasteiger partial charge in [-0.05, 0) is 26.0 Å². The van der Waals surface area contributed by atoms with Gasteiger partial charge in [-0.15, -0.1) is 11.3 Å². The summed E-state index contributed by atoms with van der Waals surface area (Å²) in [4.78, 5) is 28.7. The fraction of sp³-hybridized carbons (Fsp3) is 0.227. The van der Waals surface area contributed by atoms with Crippen LogP contribution in [0.15, 0.2) is 47.2 Å². The zero-order valence-electron chi connectivity index (χ0n) is 17.7. The van der Waals surface area contributed by atoms with Crippen molar-refractivity contribution in [1.82, 2.24) is 20.3 Å². The number of thiazole rings is 1. The number of rotatable bonds is 5. The topological polar surface area (TPSA) is 92.2 Å². The molecule has 0 saturated heterocycles. The molecule has 2 amide bonds. The first kappa shape index (κ1) is 22.6. The first-order chi connectivity index (χ1) is 15.8. The number of halogens is 3. The summed E-state index contributed by atoms with van der Waals surface area (Å²) < 4.78 is 39.5. The third kappa shape index (κ3) is 4.92. The van der Waals surface area contributed by atoms with E-state index in [0.29, 0.717) is 29.8 Å². The summed E-state index contributed by atoms with van der Waals surface area (Å²) in [7, 11) is 0. The second kappa shape index (κ2) is 9.10. The lowest BCUT2D eigenvalue weighted by Crippen LogP contribution is -2.28. The molecule has 0 spiro atoms. The predicted molar refractivity (Wildman–Crippen MR) is 122 cm³/mol. The number of allylic oxidation sites excluding steroid dienone is 1. The maximum Gasteiger partial charge on any atom is 0.434 e. The van der Waals surface area contributed by atoms with Crippen LogP contribution in [0.4, 0.5) is 23.8 Å². The Kier molecular flexibility index (Phi) is 6.23. The Morgan fingerprint density at radius 2 is 1.94 bits per heavy atom. The van der Waals surface area contributed by atoms with Gasteiger partial charge in [-0.2, -0.15) is 13.2 Å². The van der Waals surface area contributed by atoms with Gasteiger partial charge in [0.25, 0.3) is 0 Å². The number of nitrogens with zero attached hydrogens (tertiary/aromatic N) is 4. The monoisotopic (exact) mass is 472 g/mol. The number of anilines is 1. The van der Waals surface area contributed by atoms with Crippen LogP contribution in [0.25, 0.3) is 27.3 Å². The van der Waals surface area contributed by atoms with Crippen molar-refractivity contribution >= 4 is 34.5 Å². The number of hydrogen-bond donors (Lipinski definition) is 2. The van der Waals surface area contributed by atoms with Crippen LogP contribution in [-0.2, 0) is 6.18 Å². The molecule has 2 N–H and O–H groups in total. The first-order valence-corrected chi connectivity index (χ1v) is 10.9. The Morgan fingerprint density at radius 1 is 1.15 bits per heavy atom. The van der Waals surface area contributed by atoms with E-state index in [4.69, 9.17) is 0 Å². The maximum absolute atomic E-state index is 13.2. The van der Waals surface area contributed by atoms with Crippen LogP contribution < -0.4 is 10.6 Å². The van der Waals surface area contributed by atoms with E-state index in [1.807, 2.05) is 19.1 Å². The van der Waals surface area contributed by atoms with Gasteiger partial charge in [0.2, 0.25) is 0 Å². The number of aromatic nitrogens is 3. The van der Waals surface area contributed by atoms with Crippen molar-refractivity contribution in [2.75, 3.05) is 18.4 Å². The molecule has 0 aromatic carbocycles. The minimum Gasteiger partial charge on any atom is -0.338 e. The molecule has 0 aliphatic carbocycles. The Bertz CT molecular complexity index is 1270. The van der Waals surface area contributed by atoms with E-state index >= 15 is 0 Å². The third-order valence-electron chi connectivity index (χ3n) is 4.88. The summed E-state index contributed by atoms with van der Waals surface area (Å²) in [6, 6.07) is 2.93. The van der Waals surface area contributed by atoms with Crippen LogP contribution in [0.1, 0.15) is 25.1 Å². The summed E-state index contributed by atoms with van der Waals surface area (Å²) in [5.74, 6) is 0.189. The standard InChI is InChI=1S/C22H19F3N6OS/c1-3-27-21(32)31-19-7-16(20-30-18(11-33-20)22(23,24)25)17(10-29-19)14-6-13(8-26-9-14)15-4-5-28-12(15)2/h4,6-11H,3,5H2,1-2H3,(H2,27,29,31,32). The van der Waals surface area contributed by atoms with E-state index in [-0.39, 0.29) is 10.8 Å². The van der Waals surface area contributed by atoms with Gasteiger partial charge in [0.05, 0.1) is 6.54 Å². The van der Waals surface area contributed by atoms with Gasteiger partial charge in [-0.3, -0.25) is 15.3 Å². The summed E-state index contributed by atoms with van der Waals surface area (Å²) in [5, 5.41) is 6.29. The maximum atomic E-state index is 13.2. The fourth-order valence-corrected chi connectivity index (χ4v) is 4.20. The van der Waals surface area contributed by atoms with Gasteiger partial charge >= 0.3 is 12.2 Å². The fourth-order valence-electron chi connectivity index (χ4n) is 3.35. The average Bonchev–Trinajstić information content (AvgIpc) is 3.43. The van der Waals surface area contributed by atoms with Crippen molar-refractivity contribution in [3.05, 3.63) is 53.4 Å². The van der Waals surface area contributed by atoms with Crippen molar-refractivity contribution in [3.8, 4) is 21.7 Å². The Balaban J connectivity index is 1.80. The molecule has 0 atom stereocenters. The van der Waals surface area contributed by atoms with Crippen LogP contribution in [0.5, 0.6) is 0 Å². The largest absolute Gasteiger partial charge is 0.434 e. The molecule has 0 fully saturated rings. The molecule has 3 aromatic rings. The Labute approximate surface area is 191 Å². The minimum atomic E-state index is -4.56. The summed E-state index contributed by atoms with van der Waals surface area (Å²) in [5.41, 5.74) is 3.33. The normalized spacial score (nSPS) is 13.5. The number of aliphatic imine (C=N–C) groups is 1. The zero-order valence-corrected chi connectivity index (χ0v) is 18.5. The van der Waals surface area contributed by atoms with Gasteiger partial charge in [-0.25, -0.2) is 14.8 Å². The lowest BCUT2D eigenvalue weighted by molar-refractivity contribution is -0.140. The highest BCUT2D eigenvalue weighted by atomic mass is 32.1. The molecular weight excluding hydrogens is 453 g/mol. The molecule has 1 aliphatic rings. The molecule has 7 nitrogen and oxygen atoms in total. The van der Waals surface area contributed by atoms with Crippen LogP contribution in [0.2, 0.25) is 0 Å². The number of pyridine rings is 2. The average molecular weight is 472 g/mol. The number of urea groups is 1. The molecule has 170 valence electrons. The molecule has 0 unspecified atom stereocenters. The van der Waals surface area contributed by atoms with Crippen LogP contribution in [-0.4, -0.2) is 39.8 Å². The number of carbonyl (C=O) groups is 1. The third-order valence-corrected chi connectivity index (χ3v) is 5.76. The molecule has 3 aromatic heterocycles. The van der Waals surface area contributed by atoms with Crippen LogP contribution >= 0.6 is 11.3 Å². The van der Waals surface area contributed by atoms with Crippen molar-refractivity contribution in [2.24, 2.45) is 4.99 Å².